The average molecular weight is 342 g/mol. The highest BCUT2D eigenvalue weighted by Crippen LogP contribution is 2.27. The molecule has 1 saturated heterocycles. The number of rotatable bonds is 6. The van der Waals surface area contributed by atoms with Crippen molar-refractivity contribution in [3.8, 4) is 0 Å². The van der Waals surface area contributed by atoms with Crippen LogP contribution in [0.5, 0.6) is 0 Å². The van der Waals surface area contributed by atoms with Crippen molar-refractivity contribution in [2.75, 3.05) is 13.1 Å². The predicted molar refractivity (Wildman–Crippen MR) is 95.4 cm³/mol. The zero-order chi connectivity index (χ0) is 17.8. The van der Waals surface area contributed by atoms with Crippen molar-refractivity contribution >= 4 is 5.97 Å². The van der Waals surface area contributed by atoms with Crippen molar-refractivity contribution in [2.24, 2.45) is 7.05 Å². The van der Waals surface area contributed by atoms with Crippen molar-refractivity contribution in [3.63, 3.8) is 0 Å². The maximum atomic E-state index is 10.8. The molecule has 2 aromatic rings. The zero-order valence-corrected chi connectivity index (χ0v) is 15.0. The first-order valence-electron chi connectivity index (χ1n) is 8.90. The molecule has 3 rings (SSSR count). The lowest BCUT2D eigenvalue weighted by molar-refractivity contribution is -0.136. The average Bonchev–Trinajstić information content (AvgIpc) is 2.92. The Bertz CT molecular complexity index is 721. The third-order valence-corrected chi connectivity index (χ3v) is 4.99. The minimum absolute atomic E-state index is 0.132. The first kappa shape index (κ1) is 17.6. The largest absolute Gasteiger partial charge is 0.481 e. The lowest BCUT2D eigenvalue weighted by atomic mass is 9.93. The fourth-order valence-electron chi connectivity index (χ4n) is 3.55. The molecule has 0 radical (unpaired) electrons. The summed E-state index contributed by atoms with van der Waals surface area (Å²) in [4.78, 5) is 18.0. The highest BCUT2D eigenvalue weighted by Gasteiger charge is 2.23. The molecule has 1 atom stereocenters. The number of aromatic nitrogens is 3. The van der Waals surface area contributed by atoms with Gasteiger partial charge in [0.05, 0.1) is 18.3 Å². The van der Waals surface area contributed by atoms with Gasteiger partial charge in [0.1, 0.15) is 0 Å². The van der Waals surface area contributed by atoms with Crippen molar-refractivity contribution in [1.82, 2.24) is 19.7 Å². The molecule has 0 spiro atoms. The Morgan fingerprint density at radius 1 is 1.40 bits per heavy atom. The summed E-state index contributed by atoms with van der Waals surface area (Å²) in [5, 5.41) is 13.2. The summed E-state index contributed by atoms with van der Waals surface area (Å²) < 4.78 is 1.96. The Labute approximate surface area is 148 Å². The smallest absolute Gasteiger partial charge is 0.303 e. The van der Waals surface area contributed by atoms with E-state index in [1.165, 1.54) is 11.3 Å². The SMILES string of the molecule is Cc1cnn(C)c1CN1CCCC(c2cccc(CCC(=O)O)n2)C1. The van der Waals surface area contributed by atoms with E-state index >= 15 is 0 Å². The van der Waals surface area contributed by atoms with E-state index in [0.29, 0.717) is 12.3 Å². The van der Waals surface area contributed by atoms with E-state index in [1.54, 1.807) is 0 Å². The molecule has 134 valence electrons. The van der Waals surface area contributed by atoms with E-state index in [9.17, 15) is 4.79 Å². The van der Waals surface area contributed by atoms with Crippen LogP contribution in [-0.2, 0) is 24.8 Å². The molecule has 6 heteroatoms. The molecule has 0 bridgehead atoms. The molecule has 1 aliphatic heterocycles. The van der Waals surface area contributed by atoms with Crippen molar-refractivity contribution < 1.29 is 9.90 Å². The van der Waals surface area contributed by atoms with E-state index in [-0.39, 0.29) is 6.42 Å². The molecular weight excluding hydrogens is 316 g/mol. The summed E-state index contributed by atoms with van der Waals surface area (Å²) in [5.74, 6) is -0.366. The fraction of sp³-hybridized carbons (Fsp3) is 0.526. The Balaban J connectivity index is 1.67. The number of carbonyl (C=O) groups is 1. The van der Waals surface area contributed by atoms with Gasteiger partial charge in [0.15, 0.2) is 0 Å². The molecule has 1 fully saturated rings. The van der Waals surface area contributed by atoms with Crippen LogP contribution in [0.15, 0.2) is 24.4 Å². The first-order valence-corrected chi connectivity index (χ1v) is 8.90. The van der Waals surface area contributed by atoms with Crippen LogP contribution >= 0.6 is 0 Å². The lowest BCUT2D eigenvalue weighted by Gasteiger charge is -2.32. The zero-order valence-electron chi connectivity index (χ0n) is 15.0. The maximum Gasteiger partial charge on any atom is 0.303 e. The van der Waals surface area contributed by atoms with Gasteiger partial charge in [-0.2, -0.15) is 5.10 Å². The number of carboxylic acid groups (broad SMARTS) is 1. The van der Waals surface area contributed by atoms with Crippen LogP contribution in [0.4, 0.5) is 0 Å². The number of hydrogen-bond donors (Lipinski definition) is 1. The second-order valence-electron chi connectivity index (χ2n) is 6.92. The monoisotopic (exact) mass is 342 g/mol. The Morgan fingerprint density at radius 2 is 2.24 bits per heavy atom. The highest BCUT2D eigenvalue weighted by molar-refractivity contribution is 5.66. The summed E-state index contributed by atoms with van der Waals surface area (Å²) in [6.07, 6.45) is 4.84. The molecule has 6 nitrogen and oxygen atoms in total. The molecule has 25 heavy (non-hydrogen) atoms. The number of aryl methyl sites for hydroxylation is 3. The minimum atomic E-state index is -0.775. The predicted octanol–water partition coefficient (Wildman–Crippen LogP) is 2.52. The molecule has 1 N–H and O–H groups in total. The van der Waals surface area contributed by atoms with Crippen LogP contribution in [0, 0.1) is 6.92 Å². The van der Waals surface area contributed by atoms with Crippen LogP contribution < -0.4 is 0 Å². The molecular formula is C19H26N4O2. The summed E-state index contributed by atoms with van der Waals surface area (Å²) in [6.45, 7) is 5.11. The summed E-state index contributed by atoms with van der Waals surface area (Å²) in [6, 6.07) is 6.00. The lowest BCUT2D eigenvalue weighted by Crippen LogP contribution is -2.35. The van der Waals surface area contributed by atoms with E-state index in [4.69, 9.17) is 10.1 Å². The quantitative estimate of drug-likeness (QED) is 0.873. The van der Waals surface area contributed by atoms with E-state index in [1.807, 2.05) is 30.1 Å². The van der Waals surface area contributed by atoms with Crippen LogP contribution in [-0.4, -0.2) is 43.8 Å². The molecule has 1 aliphatic rings. The first-order chi connectivity index (χ1) is 12.0. The molecule has 0 aromatic carbocycles. The topological polar surface area (TPSA) is 71.2 Å². The van der Waals surface area contributed by atoms with E-state index < -0.39 is 5.97 Å². The summed E-state index contributed by atoms with van der Waals surface area (Å²) >= 11 is 0. The van der Waals surface area contributed by atoms with Crippen LogP contribution in [0.3, 0.4) is 0 Å². The number of piperidine rings is 1. The second-order valence-corrected chi connectivity index (χ2v) is 6.92. The second kappa shape index (κ2) is 7.78. The number of hydrogen-bond acceptors (Lipinski definition) is 4. The van der Waals surface area contributed by atoms with Gasteiger partial charge >= 0.3 is 5.97 Å². The molecule has 2 aromatic heterocycles. The molecule has 3 heterocycles. The van der Waals surface area contributed by atoms with Crippen LogP contribution in [0.25, 0.3) is 0 Å². The van der Waals surface area contributed by atoms with Gasteiger partial charge in [-0.3, -0.25) is 19.4 Å². The van der Waals surface area contributed by atoms with Gasteiger partial charge in [-0.05, 0) is 44.0 Å². The molecule has 0 amide bonds. The Hall–Kier alpha value is -2.21. The molecule has 1 unspecified atom stereocenters. The van der Waals surface area contributed by atoms with Gasteiger partial charge < -0.3 is 5.11 Å². The number of aliphatic carboxylic acids is 1. The third-order valence-electron chi connectivity index (χ3n) is 4.99. The van der Waals surface area contributed by atoms with Gasteiger partial charge in [0, 0.05) is 43.9 Å². The third kappa shape index (κ3) is 4.45. The molecule has 0 saturated carbocycles. The number of carboxylic acids is 1. The van der Waals surface area contributed by atoms with Crippen molar-refractivity contribution in [1.29, 1.82) is 0 Å². The summed E-state index contributed by atoms with van der Waals surface area (Å²) in [7, 11) is 2.00. The number of likely N-dealkylation sites (tertiary alicyclic amines) is 1. The van der Waals surface area contributed by atoms with Gasteiger partial charge in [-0.1, -0.05) is 6.07 Å². The fourth-order valence-corrected chi connectivity index (χ4v) is 3.55. The molecule has 0 aliphatic carbocycles. The van der Waals surface area contributed by atoms with Gasteiger partial charge in [0.25, 0.3) is 0 Å². The number of nitrogens with zero attached hydrogens (tertiary/aromatic N) is 4. The van der Waals surface area contributed by atoms with E-state index in [2.05, 4.69) is 23.0 Å². The standard InChI is InChI=1S/C19H26N4O2/c1-14-11-20-22(2)18(14)13-23-10-4-5-15(12-23)17-7-3-6-16(21-17)8-9-19(24)25/h3,6-7,11,15H,4-5,8-10,12-13H2,1-2H3,(H,24,25). The van der Waals surface area contributed by atoms with Crippen molar-refractivity contribution in [2.45, 2.75) is 45.1 Å². The van der Waals surface area contributed by atoms with Gasteiger partial charge in [-0.15, -0.1) is 0 Å². The van der Waals surface area contributed by atoms with Gasteiger partial charge in [0.2, 0.25) is 0 Å². The van der Waals surface area contributed by atoms with E-state index in [0.717, 1.165) is 43.9 Å². The van der Waals surface area contributed by atoms with Crippen molar-refractivity contribution in [3.05, 3.63) is 47.0 Å². The normalized spacial score (nSPS) is 18.4. The highest BCUT2D eigenvalue weighted by atomic mass is 16.4. The van der Waals surface area contributed by atoms with Crippen LogP contribution in [0.2, 0.25) is 0 Å². The number of pyridine rings is 1. The maximum absolute atomic E-state index is 10.8. The minimum Gasteiger partial charge on any atom is -0.481 e. The van der Waals surface area contributed by atoms with Gasteiger partial charge in [-0.25, -0.2) is 0 Å². The Kier molecular flexibility index (Phi) is 5.48. The summed E-state index contributed by atoms with van der Waals surface area (Å²) in [5.41, 5.74) is 4.47. The Morgan fingerprint density at radius 3 is 2.96 bits per heavy atom. The van der Waals surface area contributed by atoms with Crippen LogP contribution in [0.1, 0.15) is 47.8 Å².